The van der Waals surface area contributed by atoms with Crippen LogP contribution < -0.4 is 10.5 Å². The normalized spacial score (nSPS) is 15.4. The molecule has 1 aliphatic heterocycles. The SMILES string of the molecule is CC(c1cccc(C(F)(F)F)c1)n1ccc(-c2cn(SI)c3ncc(N4CCOCC4)cc23)cc1=O. The van der Waals surface area contributed by atoms with E-state index in [9.17, 15) is 18.0 Å². The lowest BCUT2D eigenvalue weighted by Crippen LogP contribution is -2.36. The molecule has 0 amide bonds. The van der Waals surface area contributed by atoms with E-state index in [4.69, 9.17) is 4.74 Å². The number of morpholine rings is 1. The van der Waals surface area contributed by atoms with Gasteiger partial charge in [-0.25, -0.2) is 4.98 Å². The number of halogens is 4. The van der Waals surface area contributed by atoms with Gasteiger partial charge in [-0.1, -0.05) is 12.1 Å². The summed E-state index contributed by atoms with van der Waals surface area (Å²) in [5, 5.41) is 0.922. The van der Waals surface area contributed by atoms with Crippen molar-refractivity contribution in [3.8, 4) is 11.1 Å². The molecule has 1 fully saturated rings. The lowest BCUT2D eigenvalue weighted by Gasteiger charge is -2.28. The average Bonchev–Trinajstić information content (AvgIpc) is 3.26. The lowest BCUT2D eigenvalue weighted by atomic mass is 10.0. The molecule has 0 bridgehead atoms. The van der Waals surface area contributed by atoms with Crippen LogP contribution in [0.15, 0.2) is 65.8 Å². The molecule has 0 spiro atoms. The van der Waals surface area contributed by atoms with Gasteiger partial charge in [-0.2, -0.15) is 13.2 Å². The van der Waals surface area contributed by atoms with Gasteiger partial charge in [-0.05, 0) is 42.3 Å². The van der Waals surface area contributed by atoms with Crippen molar-refractivity contribution in [1.82, 2.24) is 13.5 Å². The fourth-order valence-electron chi connectivity index (χ4n) is 4.46. The smallest absolute Gasteiger partial charge is 0.378 e. The van der Waals surface area contributed by atoms with E-state index in [1.807, 2.05) is 22.4 Å². The van der Waals surface area contributed by atoms with Gasteiger partial charge in [0.1, 0.15) is 0 Å². The predicted molar refractivity (Wildman–Crippen MR) is 145 cm³/mol. The van der Waals surface area contributed by atoms with Crippen LogP contribution >= 0.6 is 30.3 Å². The van der Waals surface area contributed by atoms with E-state index in [0.29, 0.717) is 18.8 Å². The highest BCUT2D eigenvalue weighted by Gasteiger charge is 2.31. The fourth-order valence-corrected chi connectivity index (χ4v) is 5.71. The summed E-state index contributed by atoms with van der Waals surface area (Å²) in [6, 6.07) is 9.97. The Morgan fingerprint density at radius 3 is 2.61 bits per heavy atom. The van der Waals surface area contributed by atoms with Crippen molar-refractivity contribution in [3.05, 3.63) is 82.5 Å². The molecule has 4 heterocycles. The van der Waals surface area contributed by atoms with Gasteiger partial charge in [0.15, 0.2) is 5.65 Å². The summed E-state index contributed by atoms with van der Waals surface area (Å²) in [6.45, 7) is 4.62. The number of benzene rings is 1. The first-order chi connectivity index (χ1) is 17.3. The largest absolute Gasteiger partial charge is 0.416 e. The molecule has 1 atom stereocenters. The van der Waals surface area contributed by atoms with Crippen molar-refractivity contribution in [1.29, 1.82) is 0 Å². The maximum atomic E-state index is 13.2. The Morgan fingerprint density at radius 1 is 1.14 bits per heavy atom. The summed E-state index contributed by atoms with van der Waals surface area (Å²) in [5.41, 5.74) is 2.77. The first kappa shape index (κ1) is 25.2. The van der Waals surface area contributed by atoms with Crippen molar-refractivity contribution in [2.45, 2.75) is 19.1 Å². The van der Waals surface area contributed by atoms with Gasteiger partial charge in [-0.3, -0.25) is 8.77 Å². The summed E-state index contributed by atoms with van der Waals surface area (Å²) in [4.78, 5) is 20.0. The molecule has 188 valence electrons. The van der Waals surface area contributed by atoms with Gasteiger partial charge in [0, 0.05) is 72.8 Å². The molecule has 1 saturated heterocycles. The second kappa shape index (κ2) is 10.1. The average molecular weight is 626 g/mol. The van der Waals surface area contributed by atoms with Crippen LogP contribution in [0.3, 0.4) is 0 Å². The zero-order valence-electron chi connectivity index (χ0n) is 19.2. The van der Waals surface area contributed by atoms with Crippen LogP contribution in [0.1, 0.15) is 24.1 Å². The van der Waals surface area contributed by atoms with Crippen LogP contribution in [0.5, 0.6) is 0 Å². The van der Waals surface area contributed by atoms with Crippen molar-refractivity contribution in [3.63, 3.8) is 0 Å². The molecule has 5 rings (SSSR count). The molecule has 1 unspecified atom stereocenters. The van der Waals surface area contributed by atoms with E-state index in [1.54, 1.807) is 19.2 Å². The molecule has 0 N–H and O–H groups in total. The van der Waals surface area contributed by atoms with E-state index >= 15 is 0 Å². The molecule has 6 nitrogen and oxygen atoms in total. The topological polar surface area (TPSA) is 52.3 Å². The van der Waals surface area contributed by atoms with Gasteiger partial charge in [0.05, 0.1) is 36.7 Å². The number of fused-ring (bicyclic) bond motifs is 1. The Balaban J connectivity index is 1.52. The number of rotatable bonds is 5. The zero-order chi connectivity index (χ0) is 25.4. The Labute approximate surface area is 221 Å². The third-order valence-corrected chi connectivity index (χ3v) is 8.12. The molecular formula is C25H22F3IN4O2S. The van der Waals surface area contributed by atoms with Crippen molar-refractivity contribution < 1.29 is 17.9 Å². The molecule has 1 aromatic carbocycles. The molecule has 11 heteroatoms. The number of alkyl halides is 3. The molecule has 0 aliphatic carbocycles. The minimum Gasteiger partial charge on any atom is -0.378 e. The molecule has 1 aliphatic rings. The fraction of sp³-hybridized carbons (Fsp3) is 0.280. The van der Waals surface area contributed by atoms with Gasteiger partial charge >= 0.3 is 6.18 Å². The van der Waals surface area contributed by atoms with E-state index in [1.165, 1.54) is 25.8 Å². The molecule has 0 radical (unpaired) electrons. The maximum Gasteiger partial charge on any atom is 0.416 e. The number of hydrogen-bond acceptors (Lipinski definition) is 5. The minimum absolute atomic E-state index is 0.294. The molecule has 4 aromatic rings. The number of nitrogens with zero attached hydrogens (tertiary/aromatic N) is 4. The summed E-state index contributed by atoms with van der Waals surface area (Å²) in [6.07, 6.45) is 1.01. The van der Waals surface area contributed by atoms with Crippen molar-refractivity contribution >= 4 is 47.0 Å². The van der Waals surface area contributed by atoms with Gasteiger partial charge in [0.25, 0.3) is 5.56 Å². The zero-order valence-corrected chi connectivity index (χ0v) is 22.2. The van der Waals surface area contributed by atoms with E-state index in [0.717, 1.165) is 53.1 Å². The highest BCUT2D eigenvalue weighted by atomic mass is 127. The summed E-state index contributed by atoms with van der Waals surface area (Å²) in [5.74, 6) is 0. The van der Waals surface area contributed by atoms with Crippen LogP contribution in [0.4, 0.5) is 18.9 Å². The number of ether oxygens (including phenoxy) is 1. The standard InChI is InChI=1S/C25H22F3IN4O2S/c1-16(17-3-2-4-19(11-17)25(26,27)28)32-6-5-18(12-23(32)34)22-15-33(36-29)24-21(22)13-20(14-30-24)31-7-9-35-10-8-31/h2-6,11-16H,7-10H2,1H3. The van der Waals surface area contributed by atoms with Crippen LogP contribution in [0.25, 0.3) is 22.2 Å². The van der Waals surface area contributed by atoms with Crippen LogP contribution in [0, 0.1) is 0 Å². The van der Waals surface area contributed by atoms with Gasteiger partial charge in [0.2, 0.25) is 0 Å². The molecule has 0 saturated carbocycles. The monoisotopic (exact) mass is 626 g/mol. The quantitative estimate of drug-likeness (QED) is 0.248. The lowest BCUT2D eigenvalue weighted by molar-refractivity contribution is -0.137. The number of aromatic nitrogens is 3. The Kier molecular flexibility index (Phi) is 7.05. The molecule has 3 aromatic heterocycles. The van der Waals surface area contributed by atoms with Crippen LogP contribution in [-0.4, -0.2) is 39.8 Å². The third kappa shape index (κ3) is 4.88. The van der Waals surface area contributed by atoms with Crippen LogP contribution in [-0.2, 0) is 10.9 Å². The second-order valence-electron chi connectivity index (χ2n) is 8.56. The summed E-state index contributed by atoms with van der Waals surface area (Å²) < 4.78 is 48.4. The molecular weight excluding hydrogens is 604 g/mol. The first-order valence-electron chi connectivity index (χ1n) is 11.3. The van der Waals surface area contributed by atoms with E-state index in [2.05, 4.69) is 37.2 Å². The number of hydrogen-bond donors (Lipinski definition) is 0. The number of pyridine rings is 2. The minimum atomic E-state index is -4.44. The Bertz CT molecular complexity index is 1460. The highest BCUT2D eigenvalue weighted by molar-refractivity contribution is 14.2. The molecule has 36 heavy (non-hydrogen) atoms. The van der Waals surface area contributed by atoms with Crippen LogP contribution in [0.2, 0.25) is 0 Å². The Morgan fingerprint density at radius 2 is 1.92 bits per heavy atom. The van der Waals surface area contributed by atoms with Gasteiger partial charge in [-0.15, -0.1) is 0 Å². The number of anilines is 1. The Hall–Kier alpha value is -2.51. The van der Waals surface area contributed by atoms with Crippen molar-refractivity contribution in [2.24, 2.45) is 0 Å². The highest BCUT2D eigenvalue weighted by Crippen LogP contribution is 2.36. The summed E-state index contributed by atoms with van der Waals surface area (Å²) in [7, 11) is 1.48. The van der Waals surface area contributed by atoms with E-state index < -0.39 is 17.8 Å². The first-order valence-corrected chi connectivity index (χ1v) is 14.6. The maximum absolute atomic E-state index is 13.2. The van der Waals surface area contributed by atoms with Crippen molar-refractivity contribution in [2.75, 3.05) is 31.2 Å². The summed E-state index contributed by atoms with van der Waals surface area (Å²) >= 11 is 2.19. The predicted octanol–water partition coefficient (Wildman–Crippen LogP) is 6.18. The third-order valence-electron chi connectivity index (χ3n) is 6.42. The second-order valence-corrected chi connectivity index (χ2v) is 10.3. The van der Waals surface area contributed by atoms with Gasteiger partial charge < -0.3 is 14.2 Å². The van der Waals surface area contributed by atoms with E-state index in [-0.39, 0.29) is 5.56 Å².